The smallest absolute Gasteiger partial charge is 0.224 e. The third-order valence-corrected chi connectivity index (χ3v) is 5.03. The molecule has 0 aliphatic heterocycles. The van der Waals surface area contributed by atoms with Gasteiger partial charge in [-0.3, -0.25) is 14.5 Å². The van der Waals surface area contributed by atoms with Crippen LogP contribution in [0.4, 0.5) is 0 Å². The number of nitrogens with one attached hydrogen (secondary N) is 1. The molecule has 3 rings (SSSR count). The first kappa shape index (κ1) is 19.4. The average Bonchev–Trinajstić information content (AvgIpc) is 2.94. The van der Waals surface area contributed by atoms with E-state index in [1.807, 2.05) is 39.4 Å². The Morgan fingerprint density at radius 1 is 1.15 bits per heavy atom. The van der Waals surface area contributed by atoms with E-state index < -0.39 is 0 Å². The molecule has 0 bridgehead atoms. The van der Waals surface area contributed by atoms with Crippen LogP contribution in [-0.4, -0.2) is 20.7 Å². The van der Waals surface area contributed by atoms with Gasteiger partial charge in [0, 0.05) is 30.6 Å². The van der Waals surface area contributed by atoms with Gasteiger partial charge in [0.15, 0.2) is 0 Å². The van der Waals surface area contributed by atoms with Crippen LogP contribution >= 0.6 is 23.2 Å². The van der Waals surface area contributed by atoms with Crippen molar-refractivity contribution in [3.05, 3.63) is 69.2 Å². The van der Waals surface area contributed by atoms with E-state index in [9.17, 15) is 4.79 Å². The monoisotopic (exact) mass is 402 g/mol. The number of hydrogen-bond acceptors (Lipinski definition) is 3. The highest BCUT2D eigenvalue weighted by Gasteiger charge is 2.11. The number of nitrogens with zero attached hydrogens (tertiary/aromatic N) is 3. The lowest BCUT2D eigenvalue weighted by atomic mass is 10.0. The largest absolute Gasteiger partial charge is 0.350 e. The summed E-state index contributed by atoms with van der Waals surface area (Å²) in [6, 6.07) is 7.18. The number of carbonyl (C=O) groups excluding carboxylic acids is 1. The predicted molar refractivity (Wildman–Crippen MR) is 108 cm³/mol. The van der Waals surface area contributed by atoms with Gasteiger partial charge in [-0.2, -0.15) is 5.10 Å². The summed E-state index contributed by atoms with van der Waals surface area (Å²) in [5, 5.41) is 8.19. The minimum atomic E-state index is -0.0972. The van der Waals surface area contributed by atoms with Crippen LogP contribution in [0.1, 0.15) is 22.5 Å². The second-order valence-corrected chi connectivity index (χ2v) is 7.31. The molecule has 1 N–H and O–H groups in total. The molecule has 2 heterocycles. The molecule has 0 radical (unpaired) electrons. The van der Waals surface area contributed by atoms with Crippen LogP contribution in [0.25, 0.3) is 11.1 Å². The lowest BCUT2D eigenvalue weighted by molar-refractivity contribution is -0.120. The molecule has 1 aromatic carbocycles. The van der Waals surface area contributed by atoms with Gasteiger partial charge >= 0.3 is 0 Å². The molecule has 27 heavy (non-hydrogen) atoms. The molecule has 0 aliphatic carbocycles. The van der Waals surface area contributed by atoms with Gasteiger partial charge in [-0.15, -0.1) is 0 Å². The van der Waals surface area contributed by atoms with Crippen molar-refractivity contribution in [2.24, 2.45) is 7.05 Å². The Morgan fingerprint density at radius 3 is 2.56 bits per heavy atom. The van der Waals surface area contributed by atoms with E-state index in [0.717, 1.165) is 33.6 Å². The number of halogens is 2. The summed E-state index contributed by atoms with van der Waals surface area (Å²) in [6.07, 6.45) is 4.06. The zero-order valence-corrected chi connectivity index (χ0v) is 16.9. The van der Waals surface area contributed by atoms with Gasteiger partial charge in [-0.1, -0.05) is 29.3 Å². The highest BCUT2D eigenvalue weighted by molar-refractivity contribution is 6.42. The first-order valence-electron chi connectivity index (χ1n) is 8.50. The van der Waals surface area contributed by atoms with Crippen LogP contribution in [0.3, 0.4) is 0 Å². The minimum Gasteiger partial charge on any atom is -0.350 e. The van der Waals surface area contributed by atoms with Crippen molar-refractivity contribution < 1.29 is 4.79 Å². The topological polar surface area (TPSA) is 59.8 Å². The maximum Gasteiger partial charge on any atom is 0.224 e. The number of benzene rings is 1. The summed E-state index contributed by atoms with van der Waals surface area (Å²) < 4.78 is 1.79. The molecule has 0 atom stereocenters. The number of rotatable bonds is 5. The molecule has 3 aromatic rings. The Bertz CT molecular complexity index is 998. The Balaban J connectivity index is 1.64. The van der Waals surface area contributed by atoms with E-state index in [4.69, 9.17) is 23.2 Å². The minimum absolute atomic E-state index is 0.0972. The van der Waals surface area contributed by atoms with Crippen LogP contribution in [0.5, 0.6) is 0 Å². The zero-order chi connectivity index (χ0) is 19.6. The highest BCUT2D eigenvalue weighted by Crippen LogP contribution is 2.25. The maximum atomic E-state index is 12.2. The first-order valence-corrected chi connectivity index (χ1v) is 9.26. The SMILES string of the molecule is Cc1cc(CNC(=O)Cc2ccc(Cl)c(Cl)c2)ncc1-c1cn(C)nc1C. The van der Waals surface area contributed by atoms with E-state index in [0.29, 0.717) is 16.6 Å². The first-order chi connectivity index (χ1) is 12.8. The molecule has 1 amide bonds. The molecule has 0 unspecified atom stereocenters. The second kappa shape index (κ2) is 8.11. The molecule has 140 valence electrons. The van der Waals surface area contributed by atoms with Gasteiger partial charge in [0.05, 0.1) is 34.4 Å². The number of carbonyl (C=O) groups is 1. The summed E-state index contributed by atoms with van der Waals surface area (Å²) >= 11 is 11.9. The third-order valence-electron chi connectivity index (χ3n) is 4.29. The summed E-state index contributed by atoms with van der Waals surface area (Å²) in [4.78, 5) is 16.7. The van der Waals surface area contributed by atoms with Gasteiger partial charge in [-0.25, -0.2) is 0 Å². The number of amides is 1. The van der Waals surface area contributed by atoms with Gasteiger partial charge in [-0.05, 0) is 43.2 Å². The van der Waals surface area contributed by atoms with Crippen molar-refractivity contribution in [3.8, 4) is 11.1 Å². The average molecular weight is 403 g/mol. The lowest BCUT2D eigenvalue weighted by Gasteiger charge is -2.09. The maximum absolute atomic E-state index is 12.2. The van der Waals surface area contributed by atoms with Gasteiger partial charge < -0.3 is 5.32 Å². The van der Waals surface area contributed by atoms with Crippen molar-refractivity contribution in [2.45, 2.75) is 26.8 Å². The second-order valence-electron chi connectivity index (χ2n) is 6.49. The molecule has 0 saturated heterocycles. The van der Waals surface area contributed by atoms with Crippen molar-refractivity contribution in [1.82, 2.24) is 20.1 Å². The number of pyridine rings is 1. The summed E-state index contributed by atoms with van der Waals surface area (Å²) in [5.74, 6) is -0.0972. The Morgan fingerprint density at radius 2 is 1.93 bits per heavy atom. The fourth-order valence-corrected chi connectivity index (χ4v) is 3.26. The lowest BCUT2D eigenvalue weighted by Crippen LogP contribution is -2.25. The van der Waals surface area contributed by atoms with Crippen molar-refractivity contribution >= 4 is 29.1 Å². The summed E-state index contributed by atoms with van der Waals surface area (Å²) in [6.45, 7) is 4.38. The standard InChI is InChI=1S/C20H20Cl2N4O/c1-12-6-15(23-10-16(12)17-11-26(3)25-13(17)2)9-24-20(27)8-14-4-5-18(21)19(22)7-14/h4-7,10-11H,8-9H2,1-3H3,(H,24,27). The molecule has 5 nitrogen and oxygen atoms in total. The van der Waals surface area contributed by atoms with Crippen LogP contribution in [-0.2, 0) is 24.8 Å². The van der Waals surface area contributed by atoms with Crippen LogP contribution < -0.4 is 5.32 Å². The fraction of sp³-hybridized carbons (Fsp3) is 0.250. The van der Waals surface area contributed by atoms with E-state index in [1.54, 1.807) is 22.9 Å². The van der Waals surface area contributed by atoms with Crippen LogP contribution in [0.15, 0.2) is 36.7 Å². The fourth-order valence-electron chi connectivity index (χ4n) is 2.94. The summed E-state index contributed by atoms with van der Waals surface area (Å²) in [7, 11) is 1.90. The van der Waals surface area contributed by atoms with E-state index >= 15 is 0 Å². The molecule has 0 aliphatic rings. The van der Waals surface area contributed by atoms with Gasteiger partial charge in [0.1, 0.15) is 0 Å². The predicted octanol–water partition coefficient (Wildman–Crippen LogP) is 4.26. The molecule has 0 fully saturated rings. The van der Waals surface area contributed by atoms with Crippen molar-refractivity contribution in [1.29, 1.82) is 0 Å². The number of hydrogen-bond donors (Lipinski definition) is 1. The molecular weight excluding hydrogens is 383 g/mol. The molecular formula is C20H20Cl2N4O. The van der Waals surface area contributed by atoms with E-state index in [2.05, 4.69) is 15.4 Å². The Hall–Kier alpha value is -2.37. The van der Waals surface area contributed by atoms with Gasteiger partial charge in [0.2, 0.25) is 5.91 Å². The van der Waals surface area contributed by atoms with Crippen LogP contribution in [0, 0.1) is 13.8 Å². The summed E-state index contributed by atoms with van der Waals surface area (Å²) in [5.41, 5.74) is 5.79. The molecule has 0 saturated carbocycles. The van der Waals surface area contributed by atoms with Crippen molar-refractivity contribution in [3.63, 3.8) is 0 Å². The quantitative estimate of drug-likeness (QED) is 0.693. The Kier molecular flexibility index (Phi) is 5.82. The van der Waals surface area contributed by atoms with E-state index in [1.165, 1.54) is 0 Å². The molecule has 2 aromatic heterocycles. The Labute approximate surface area is 168 Å². The molecule has 7 heteroatoms. The highest BCUT2D eigenvalue weighted by atomic mass is 35.5. The normalized spacial score (nSPS) is 10.9. The number of aryl methyl sites for hydroxylation is 3. The van der Waals surface area contributed by atoms with Crippen molar-refractivity contribution in [2.75, 3.05) is 0 Å². The van der Waals surface area contributed by atoms with Crippen LogP contribution in [0.2, 0.25) is 10.0 Å². The third kappa shape index (κ3) is 4.67. The van der Waals surface area contributed by atoms with Gasteiger partial charge in [0.25, 0.3) is 0 Å². The molecule has 0 spiro atoms. The zero-order valence-electron chi connectivity index (χ0n) is 15.4. The van der Waals surface area contributed by atoms with E-state index in [-0.39, 0.29) is 12.3 Å². The number of aromatic nitrogens is 3.